The van der Waals surface area contributed by atoms with Gasteiger partial charge >= 0.3 is 0 Å². The SMILES string of the molecule is CC#CC.CCC.CCC. The molecule has 0 aromatic rings. The minimum absolute atomic E-state index is 1.25. The third kappa shape index (κ3) is 1040. The van der Waals surface area contributed by atoms with E-state index >= 15 is 0 Å². The first-order chi connectivity index (χ1) is 4.74. The summed E-state index contributed by atoms with van der Waals surface area (Å²) in [5, 5.41) is 0. The summed E-state index contributed by atoms with van der Waals surface area (Å²) < 4.78 is 0. The molecule has 10 heavy (non-hydrogen) atoms. The maximum absolute atomic E-state index is 2.68. The van der Waals surface area contributed by atoms with Crippen molar-refractivity contribution in [2.24, 2.45) is 0 Å². The van der Waals surface area contributed by atoms with Crippen molar-refractivity contribution in [1.29, 1.82) is 0 Å². The van der Waals surface area contributed by atoms with Gasteiger partial charge in [0.2, 0.25) is 0 Å². The Morgan fingerprint density at radius 1 is 0.700 bits per heavy atom. The number of rotatable bonds is 0. The molecule has 0 fully saturated rings. The predicted molar refractivity (Wildman–Crippen MR) is 51.1 cm³/mol. The van der Waals surface area contributed by atoms with Crippen LogP contribution in [0.1, 0.15) is 54.4 Å². The van der Waals surface area contributed by atoms with Crippen molar-refractivity contribution in [2.75, 3.05) is 0 Å². The summed E-state index contributed by atoms with van der Waals surface area (Å²) >= 11 is 0. The molecule has 0 heterocycles. The Morgan fingerprint density at radius 3 is 0.800 bits per heavy atom. The van der Waals surface area contributed by atoms with E-state index in [2.05, 4.69) is 39.5 Å². The van der Waals surface area contributed by atoms with E-state index in [4.69, 9.17) is 0 Å². The Kier molecular flexibility index (Phi) is 62.8. The molecule has 0 rings (SSSR count). The lowest BCUT2D eigenvalue weighted by molar-refractivity contribution is 1.09. The normalized spacial score (nSPS) is 5.00. The molecule has 0 radical (unpaired) electrons. The van der Waals surface area contributed by atoms with Gasteiger partial charge in [0.05, 0.1) is 0 Å². The van der Waals surface area contributed by atoms with Gasteiger partial charge in [0, 0.05) is 0 Å². The van der Waals surface area contributed by atoms with Crippen molar-refractivity contribution in [3.8, 4) is 11.8 Å². The summed E-state index contributed by atoms with van der Waals surface area (Å²) in [6.45, 7) is 12.1. The predicted octanol–water partition coefficient (Wildman–Crippen LogP) is 3.86. The molecule has 0 aliphatic carbocycles. The molecule has 0 saturated heterocycles. The molecule has 0 nitrogen and oxygen atoms in total. The van der Waals surface area contributed by atoms with Crippen molar-refractivity contribution in [3.63, 3.8) is 0 Å². The minimum Gasteiger partial charge on any atom is -0.107 e. The molecule has 0 aliphatic rings. The smallest absolute Gasteiger partial charge is 0.00271 e. The average Bonchev–Trinajstić information content (AvgIpc) is 1.91. The molecule has 0 bridgehead atoms. The molecule has 62 valence electrons. The van der Waals surface area contributed by atoms with Crippen molar-refractivity contribution < 1.29 is 0 Å². The van der Waals surface area contributed by atoms with Gasteiger partial charge in [0.1, 0.15) is 0 Å². The fourth-order valence-electron chi connectivity index (χ4n) is 0. The standard InChI is InChI=1S/C4H6.2C3H8/c1-3-4-2;2*1-3-2/h1-2H3;2*3H2,1-2H3. The summed E-state index contributed by atoms with van der Waals surface area (Å²) in [6.07, 6.45) is 2.50. The first kappa shape index (κ1) is 16.3. The van der Waals surface area contributed by atoms with Gasteiger partial charge in [0.25, 0.3) is 0 Å². The van der Waals surface area contributed by atoms with Crippen LogP contribution in [0.2, 0.25) is 0 Å². The highest BCUT2D eigenvalue weighted by atomic mass is 13.4. The summed E-state index contributed by atoms with van der Waals surface area (Å²) in [6, 6.07) is 0. The fourth-order valence-corrected chi connectivity index (χ4v) is 0. The van der Waals surface area contributed by atoms with E-state index in [9.17, 15) is 0 Å². The molecule has 0 saturated carbocycles. The van der Waals surface area contributed by atoms with Crippen LogP contribution in [0.4, 0.5) is 0 Å². The van der Waals surface area contributed by atoms with Crippen LogP contribution in [-0.4, -0.2) is 0 Å². The van der Waals surface area contributed by atoms with Crippen LogP contribution < -0.4 is 0 Å². The summed E-state index contributed by atoms with van der Waals surface area (Å²) in [5.41, 5.74) is 0. The summed E-state index contributed by atoms with van der Waals surface area (Å²) in [4.78, 5) is 0. The van der Waals surface area contributed by atoms with E-state index in [0.29, 0.717) is 0 Å². The second-order valence-corrected chi connectivity index (χ2v) is 1.91. The Morgan fingerprint density at radius 2 is 0.800 bits per heavy atom. The summed E-state index contributed by atoms with van der Waals surface area (Å²) in [5.74, 6) is 5.36. The molecule has 0 amide bonds. The lowest BCUT2D eigenvalue weighted by Gasteiger charge is -1.48. The lowest BCUT2D eigenvalue weighted by atomic mass is 10.6. The Bertz CT molecular complexity index is 53.8. The highest BCUT2D eigenvalue weighted by Gasteiger charge is 1.36. The zero-order valence-corrected chi connectivity index (χ0v) is 8.41. The summed E-state index contributed by atoms with van der Waals surface area (Å²) in [7, 11) is 0. The van der Waals surface area contributed by atoms with Gasteiger partial charge in [-0.25, -0.2) is 0 Å². The van der Waals surface area contributed by atoms with E-state index in [1.54, 1.807) is 0 Å². The number of hydrogen-bond acceptors (Lipinski definition) is 0. The molecule has 0 aromatic heterocycles. The van der Waals surface area contributed by atoms with E-state index in [1.807, 2.05) is 13.8 Å². The molecule has 0 atom stereocenters. The fraction of sp³-hybridized carbons (Fsp3) is 0.800. The first-order valence-electron chi connectivity index (χ1n) is 4.08. The highest BCUT2D eigenvalue weighted by molar-refractivity contribution is 4.89. The maximum Gasteiger partial charge on any atom is -0.00271 e. The second-order valence-electron chi connectivity index (χ2n) is 1.91. The van der Waals surface area contributed by atoms with Gasteiger partial charge < -0.3 is 0 Å². The topological polar surface area (TPSA) is 0 Å². The minimum atomic E-state index is 1.25. The molecule has 0 aromatic carbocycles. The van der Waals surface area contributed by atoms with Crippen LogP contribution in [0.3, 0.4) is 0 Å². The van der Waals surface area contributed by atoms with E-state index in [0.717, 1.165) is 0 Å². The Labute approximate surface area is 67.0 Å². The zero-order chi connectivity index (χ0) is 8.83. The third-order valence-corrected chi connectivity index (χ3v) is 0.250. The monoisotopic (exact) mass is 142 g/mol. The van der Waals surface area contributed by atoms with Crippen LogP contribution in [0.15, 0.2) is 0 Å². The Balaban J connectivity index is -0.0000000750. The number of hydrogen-bond donors (Lipinski definition) is 0. The quantitative estimate of drug-likeness (QED) is 0.450. The van der Waals surface area contributed by atoms with Crippen LogP contribution in [0, 0.1) is 11.8 Å². The van der Waals surface area contributed by atoms with E-state index < -0.39 is 0 Å². The molecule has 0 heteroatoms. The third-order valence-electron chi connectivity index (χ3n) is 0.250. The van der Waals surface area contributed by atoms with Crippen LogP contribution >= 0.6 is 0 Å². The van der Waals surface area contributed by atoms with E-state index in [-0.39, 0.29) is 0 Å². The van der Waals surface area contributed by atoms with Crippen LogP contribution in [0.25, 0.3) is 0 Å². The highest BCUT2D eigenvalue weighted by Crippen LogP contribution is 1.56. The molecular formula is C10H22. The Hall–Kier alpha value is -0.440. The van der Waals surface area contributed by atoms with Gasteiger partial charge in [-0.1, -0.05) is 40.5 Å². The second kappa shape index (κ2) is 38.6. The molecule has 0 N–H and O–H groups in total. The van der Waals surface area contributed by atoms with E-state index in [1.165, 1.54) is 12.8 Å². The molecule has 0 unspecified atom stereocenters. The maximum atomic E-state index is 2.68. The first-order valence-corrected chi connectivity index (χ1v) is 4.08. The average molecular weight is 142 g/mol. The zero-order valence-electron chi connectivity index (χ0n) is 8.41. The van der Waals surface area contributed by atoms with Gasteiger partial charge in [-0.3, -0.25) is 0 Å². The van der Waals surface area contributed by atoms with Crippen molar-refractivity contribution in [3.05, 3.63) is 0 Å². The molecule has 0 spiro atoms. The largest absolute Gasteiger partial charge is 0.107 e. The molecular weight excluding hydrogens is 120 g/mol. The lowest BCUT2D eigenvalue weighted by Crippen LogP contribution is -1.28. The molecule has 0 aliphatic heterocycles. The van der Waals surface area contributed by atoms with Gasteiger partial charge in [-0.05, 0) is 13.8 Å². The van der Waals surface area contributed by atoms with Crippen molar-refractivity contribution >= 4 is 0 Å². The van der Waals surface area contributed by atoms with Gasteiger partial charge in [-0.15, -0.1) is 11.8 Å². The van der Waals surface area contributed by atoms with Crippen molar-refractivity contribution in [2.45, 2.75) is 54.4 Å². The van der Waals surface area contributed by atoms with Crippen LogP contribution in [-0.2, 0) is 0 Å². The van der Waals surface area contributed by atoms with Crippen LogP contribution in [0.5, 0.6) is 0 Å². The van der Waals surface area contributed by atoms with Gasteiger partial charge in [-0.2, -0.15) is 0 Å². The van der Waals surface area contributed by atoms with Crippen molar-refractivity contribution in [1.82, 2.24) is 0 Å². The van der Waals surface area contributed by atoms with Gasteiger partial charge in [0.15, 0.2) is 0 Å².